The number of imidazole rings is 1. The summed E-state index contributed by atoms with van der Waals surface area (Å²) in [6.07, 6.45) is 8.78. The number of halogens is 2. The van der Waals surface area contributed by atoms with Crippen molar-refractivity contribution in [3.05, 3.63) is 99.7 Å². The Morgan fingerprint density at radius 3 is 2.59 bits per heavy atom. The van der Waals surface area contributed by atoms with Crippen LogP contribution in [0.1, 0.15) is 28.5 Å². The van der Waals surface area contributed by atoms with E-state index >= 15 is 0 Å². The number of hydrogen-bond donors (Lipinski definition) is 2. The number of nitrogens with one attached hydrogen (secondary N) is 2. The second-order valence-corrected chi connectivity index (χ2v) is 8.61. The number of aryl methyl sites for hydroxylation is 3. The predicted molar refractivity (Wildman–Crippen MR) is 127 cm³/mol. The summed E-state index contributed by atoms with van der Waals surface area (Å²) >= 11 is 12.3. The Morgan fingerprint density at radius 2 is 1.75 bits per heavy atom. The van der Waals surface area contributed by atoms with Gasteiger partial charge in [0.1, 0.15) is 11.6 Å². The number of H-pyrrole nitrogens is 2. The first kappa shape index (κ1) is 20.8. The maximum atomic E-state index is 6.23. The van der Waals surface area contributed by atoms with Gasteiger partial charge in [0, 0.05) is 48.4 Å². The second-order valence-electron chi connectivity index (χ2n) is 7.80. The third kappa shape index (κ3) is 4.42. The highest BCUT2D eigenvalue weighted by atomic mass is 35.5. The van der Waals surface area contributed by atoms with Crippen LogP contribution in [-0.2, 0) is 32.2 Å². The Morgan fingerprint density at radius 1 is 0.875 bits per heavy atom. The molecule has 0 bridgehead atoms. The molecule has 8 heteroatoms. The first-order chi connectivity index (χ1) is 15.7. The molecule has 0 aliphatic heterocycles. The molecule has 2 aromatic carbocycles. The monoisotopic (exact) mass is 464 g/mol. The molecule has 0 aliphatic carbocycles. The largest absolute Gasteiger partial charge is 0.361 e. The smallest absolute Gasteiger partial charge is 0.137 e. The van der Waals surface area contributed by atoms with Gasteiger partial charge in [0.2, 0.25) is 0 Å². The summed E-state index contributed by atoms with van der Waals surface area (Å²) in [5, 5.41) is 11.4. The van der Waals surface area contributed by atoms with Gasteiger partial charge in [-0.15, -0.1) is 10.2 Å². The van der Waals surface area contributed by atoms with Gasteiger partial charge < -0.3 is 14.5 Å². The van der Waals surface area contributed by atoms with E-state index in [2.05, 4.69) is 54.1 Å². The Hall–Kier alpha value is -3.09. The molecular weight excluding hydrogens is 443 g/mol. The molecule has 162 valence electrons. The van der Waals surface area contributed by atoms with Gasteiger partial charge in [-0.2, -0.15) is 0 Å². The van der Waals surface area contributed by atoms with Crippen molar-refractivity contribution in [3.8, 4) is 0 Å². The maximum absolute atomic E-state index is 6.23. The van der Waals surface area contributed by atoms with Crippen LogP contribution in [0.25, 0.3) is 10.9 Å². The highest BCUT2D eigenvalue weighted by molar-refractivity contribution is 6.42. The number of aromatic nitrogens is 6. The van der Waals surface area contributed by atoms with Crippen LogP contribution in [0.15, 0.2) is 61.2 Å². The molecule has 0 unspecified atom stereocenters. The lowest BCUT2D eigenvalue weighted by Crippen LogP contribution is -2.11. The van der Waals surface area contributed by atoms with E-state index in [-0.39, 0.29) is 0 Å². The molecule has 0 saturated heterocycles. The molecule has 0 aliphatic rings. The lowest BCUT2D eigenvalue weighted by atomic mass is 10.1. The van der Waals surface area contributed by atoms with E-state index in [1.54, 1.807) is 6.33 Å². The molecule has 0 amide bonds. The summed E-state index contributed by atoms with van der Waals surface area (Å²) in [5.41, 5.74) is 4.58. The molecule has 32 heavy (non-hydrogen) atoms. The van der Waals surface area contributed by atoms with Gasteiger partial charge in [0.05, 0.1) is 16.4 Å². The highest BCUT2D eigenvalue weighted by Gasteiger charge is 2.15. The molecule has 0 atom stereocenters. The molecule has 2 N–H and O–H groups in total. The molecule has 0 spiro atoms. The van der Waals surface area contributed by atoms with Crippen molar-refractivity contribution >= 4 is 34.1 Å². The zero-order valence-corrected chi connectivity index (χ0v) is 18.9. The van der Waals surface area contributed by atoms with Gasteiger partial charge in [-0.05, 0) is 42.2 Å². The van der Waals surface area contributed by atoms with E-state index in [4.69, 9.17) is 23.2 Å². The average molecular weight is 465 g/mol. The van der Waals surface area contributed by atoms with E-state index < -0.39 is 0 Å². The topological polar surface area (TPSA) is 75.2 Å². The number of benzene rings is 2. The van der Waals surface area contributed by atoms with Crippen LogP contribution in [0.4, 0.5) is 0 Å². The fraction of sp³-hybridized carbons (Fsp3) is 0.208. The summed E-state index contributed by atoms with van der Waals surface area (Å²) in [4.78, 5) is 10.6. The summed E-state index contributed by atoms with van der Waals surface area (Å²) in [7, 11) is 0. The molecule has 3 aromatic heterocycles. The van der Waals surface area contributed by atoms with Gasteiger partial charge >= 0.3 is 0 Å². The Balaban J connectivity index is 1.41. The van der Waals surface area contributed by atoms with Crippen molar-refractivity contribution in [1.29, 1.82) is 0 Å². The van der Waals surface area contributed by atoms with Crippen LogP contribution in [-0.4, -0.2) is 29.7 Å². The van der Waals surface area contributed by atoms with Crippen LogP contribution < -0.4 is 0 Å². The van der Waals surface area contributed by atoms with Crippen LogP contribution >= 0.6 is 23.2 Å². The lowest BCUT2D eigenvalue weighted by Gasteiger charge is -2.11. The zero-order chi connectivity index (χ0) is 21.9. The van der Waals surface area contributed by atoms with E-state index in [0.29, 0.717) is 16.5 Å². The molecule has 3 heterocycles. The van der Waals surface area contributed by atoms with Crippen LogP contribution in [0, 0.1) is 0 Å². The number of fused-ring (bicyclic) bond motifs is 1. The fourth-order valence-corrected chi connectivity index (χ4v) is 4.34. The quantitative estimate of drug-likeness (QED) is 0.322. The molecule has 5 rings (SSSR count). The SMILES string of the molecule is Clc1ccc(Cc2nnc(CCc3cnc[nH]3)n2CCc2c[nH]c3ccccc23)cc1Cl. The highest BCUT2D eigenvalue weighted by Crippen LogP contribution is 2.24. The minimum atomic E-state index is 0.550. The normalized spacial score (nSPS) is 11.4. The summed E-state index contributed by atoms with van der Waals surface area (Å²) in [5.74, 6) is 1.89. The van der Waals surface area contributed by atoms with E-state index in [1.807, 2.05) is 30.5 Å². The Bertz CT molecular complexity index is 1340. The molecule has 0 saturated carbocycles. The Labute approximate surface area is 195 Å². The van der Waals surface area contributed by atoms with E-state index in [9.17, 15) is 0 Å². The van der Waals surface area contributed by atoms with Gasteiger partial charge in [-0.25, -0.2) is 4.98 Å². The van der Waals surface area contributed by atoms with Crippen molar-refractivity contribution in [2.75, 3.05) is 0 Å². The van der Waals surface area contributed by atoms with Gasteiger partial charge in [-0.3, -0.25) is 0 Å². The molecule has 0 fully saturated rings. The maximum Gasteiger partial charge on any atom is 0.137 e. The molecule has 6 nitrogen and oxygen atoms in total. The second kappa shape index (κ2) is 9.18. The van der Waals surface area contributed by atoms with Crippen molar-refractivity contribution in [2.24, 2.45) is 0 Å². The standard InChI is InChI=1S/C24H22Cl2N6/c25-20-7-5-16(11-21(20)26)12-24-31-30-23(8-6-18-14-27-15-29-18)32(24)10-9-17-13-28-22-4-2-1-3-19(17)22/h1-5,7,11,13-15,28H,6,8-10,12H2,(H,27,29). The van der Waals surface area contributed by atoms with E-state index in [0.717, 1.165) is 54.2 Å². The van der Waals surface area contributed by atoms with Crippen molar-refractivity contribution in [3.63, 3.8) is 0 Å². The van der Waals surface area contributed by atoms with Gasteiger partial charge in [0.15, 0.2) is 0 Å². The average Bonchev–Trinajstić information content (AvgIpc) is 3.54. The zero-order valence-electron chi connectivity index (χ0n) is 17.4. The summed E-state index contributed by atoms with van der Waals surface area (Å²) in [6.45, 7) is 0.795. The van der Waals surface area contributed by atoms with Crippen molar-refractivity contribution in [1.82, 2.24) is 29.7 Å². The third-order valence-corrected chi connectivity index (χ3v) is 6.44. The molecule has 5 aromatic rings. The molecule has 0 radical (unpaired) electrons. The number of aromatic amines is 2. The van der Waals surface area contributed by atoms with Crippen LogP contribution in [0.3, 0.4) is 0 Å². The number of hydrogen-bond acceptors (Lipinski definition) is 3. The number of para-hydroxylation sites is 1. The third-order valence-electron chi connectivity index (χ3n) is 5.70. The number of nitrogens with zero attached hydrogens (tertiary/aromatic N) is 4. The van der Waals surface area contributed by atoms with Crippen LogP contribution in [0.5, 0.6) is 0 Å². The number of rotatable bonds is 8. The van der Waals surface area contributed by atoms with E-state index in [1.165, 1.54) is 10.9 Å². The summed E-state index contributed by atoms with van der Waals surface area (Å²) in [6, 6.07) is 14.1. The van der Waals surface area contributed by atoms with Gasteiger partial charge in [0.25, 0.3) is 0 Å². The van der Waals surface area contributed by atoms with Gasteiger partial charge in [-0.1, -0.05) is 47.5 Å². The molecular formula is C24H22Cl2N6. The minimum Gasteiger partial charge on any atom is -0.361 e. The Kier molecular flexibility index (Phi) is 5.97. The lowest BCUT2D eigenvalue weighted by molar-refractivity contribution is 0.622. The minimum absolute atomic E-state index is 0.550. The van der Waals surface area contributed by atoms with Crippen molar-refractivity contribution in [2.45, 2.75) is 32.2 Å². The predicted octanol–water partition coefficient (Wildman–Crippen LogP) is 5.41. The first-order valence-corrected chi connectivity index (χ1v) is 11.3. The van der Waals surface area contributed by atoms with Crippen LogP contribution in [0.2, 0.25) is 10.0 Å². The van der Waals surface area contributed by atoms with Crippen molar-refractivity contribution < 1.29 is 0 Å². The first-order valence-electron chi connectivity index (χ1n) is 10.5. The summed E-state index contributed by atoms with van der Waals surface area (Å²) < 4.78 is 2.24. The fourth-order valence-electron chi connectivity index (χ4n) is 4.02.